The molecule has 0 saturated heterocycles. The quantitative estimate of drug-likeness (QED) is 0.917. The number of aryl methyl sites for hydroxylation is 1. The minimum absolute atomic E-state index is 0.0563. The van der Waals surface area contributed by atoms with Crippen molar-refractivity contribution in [2.75, 3.05) is 11.9 Å². The zero-order valence-electron chi connectivity index (χ0n) is 11.1. The number of hydrogen-bond acceptors (Lipinski definition) is 4. The second-order valence-corrected chi connectivity index (χ2v) is 5.79. The van der Waals surface area contributed by atoms with Gasteiger partial charge in [0.15, 0.2) is 5.13 Å². The summed E-state index contributed by atoms with van der Waals surface area (Å²) in [4.78, 5) is 7.57. The molecule has 0 aliphatic carbocycles. The molecule has 0 saturated carbocycles. The molecule has 0 unspecified atom stereocenters. The number of rotatable bonds is 5. The molecule has 0 aliphatic heterocycles. The van der Waals surface area contributed by atoms with E-state index in [-0.39, 0.29) is 6.61 Å². The van der Waals surface area contributed by atoms with Crippen molar-refractivity contribution in [1.82, 2.24) is 4.98 Å². The highest BCUT2D eigenvalue weighted by molar-refractivity contribution is 7.15. The smallest absolute Gasteiger partial charge is 0.185 e. The van der Waals surface area contributed by atoms with Crippen LogP contribution in [0.4, 0.5) is 5.13 Å². The molecule has 0 amide bonds. The van der Waals surface area contributed by atoms with Crippen LogP contribution in [0.1, 0.15) is 23.1 Å². The molecule has 1 N–H and O–H groups in total. The second-order valence-electron chi connectivity index (χ2n) is 4.33. The highest BCUT2D eigenvalue weighted by Crippen LogP contribution is 2.28. The van der Waals surface area contributed by atoms with Gasteiger partial charge in [-0.3, -0.25) is 0 Å². The first-order chi connectivity index (χ1) is 9.15. The van der Waals surface area contributed by atoms with Gasteiger partial charge in [-0.1, -0.05) is 48.1 Å². The minimum atomic E-state index is 0.0563. The number of hydrogen-bond donors (Lipinski definition) is 1. The van der Waals surface area contributed by atoms with Crippen molar-refractivity contribution in [2.24, 2.45) is 0 Å². The molecule has 1 aromatic carbocycles. The van der Waals surface area contributed by atoms with Crippen LogP contribution in [0.3, 0.4) is 0 Å². The summed E-state index contributed by atoms with van der Waals surface area (Å²) < 4.78 is 0. The Morgan fingerprint density at radius 3 is 2.68 bits per heavy atom. The van der Waals surface area contributed by atoms with Gasteiger partial charge in [-0.05, 0) is 18.1 Å². The number of aromatic nitrogens is 1. The molecule has 0 fully saturated rings. The summed E-state index contributed by atoms with van der Waals surface area (Å²) >= 11 is 7.70. The topological polar surface area (TPSA) is 36.4 Å². The highest BCUT2D eigenvalue weighted by Gasteiger charge is 2.13. The fourth-order valence-electron chi connectivity index (χ4n) is 1.88. The summed E-state index contributed by atoms with van der Waals surface area (Å²) in [7, 11) is 1.99. The Hall–Kier alpha value is -1.10. The molecule has 5 heteroatoms. The van der Waals surface area contributed by atoms with Crippen molar-refractivity contribution in [3.05, 3.63) is 45.4 Å². The van der Waals surface area contributed by atoms with Gasteiger partial charge in [-0.25, -0.2) is 4.98 Å². The van der Waals surface area contributed by atoms with Crippen LogP contribution in [0, 0.1) is 0 Å². The maximum Gasteiger partial charge on any atom is 0.185 e. The van der Waals surface area contributed by atoms with Gasteiger partial charge in [0.1, 0.15) is 0 Å². The van der Waals surface area contributed by atoms with Crippen LogP contribution in [-0.4, -0.2) is 17.1 Å². The first-order valence-electron chi connectivity index (χ1n) is 6.19. The summed E-state index contributed by atoms with van der Waals surface area (Å²) in [6.45, 7) is 2.81. The van der Waals surface area contributed by atoms with Gasteiger partial charge in [0.2, 0.25) is 0 Å². The Labute approximate surface area is 122 Å². The number of nitrogens with zero attached hydrogens (tertiary/aromatic N) is 2. The van der Waals surface area contributed by atoms with Crippen LogP contribution in [0.25, 0.3) is 0 Å². The van der Waals surface area contributed by atoms with Gasteiger partial charge >= 0.3 is 0 Å². The average molecular weight is 297 g/mol. The van der Waals surface area contributed by atoms with Gasteiger partial charge in [-0.2, -0.15) is 0 Å². The Kier molecular flexibility index (Phi) is 4.80. The lowest BCUT2D eigenvalue weighted by molar-refractivity contribution is 0.284. The van der Waals surface area contributed by atoms with E-state index in [0.29, 0.717) is 6.54 Å². The lowest BCUT2D eigenvalue weighted by Gasteiger charge is -2.16. The van der Waals surface area contributed by atoms with Crippen molar-refractivity contribution in [2.45, 2.75) is 26.5 Å². The molecular weight excluding hydrogens is 280 g/mol. The van der Waals surface area contributed by atoms with Crippen LogP contribution in [-0.2, 0) is 19.6 Å². The monoisotopic (exact) mass is 296 g/mol. The van der Waals surface area contributed by atoms with Gasteiger partial charge in [-0.15, -0.1) is 0 Å². The maximum atomic E-state index is 9.31. The van der Waals surface area contributed by atoms with Crippen LogP contribution < -0.4 is 4.90 Å². The van der Waals surface area contributed by atoms with Crippen molar-refractivity contribution in [3.63, 3.8) is 0 Å². The van der Waals surface area contributed by atoms with E-state index >= 15 is 0 Å². The van der Waals surface area contributed by atoms with E-state index < -0.39 is 0 Å². The molecule has 3 nitrogen and oxygen atoms in total. The van der Waals surface area contributed by atoms with Crippen LogP contribution in [0.15, 0.2) is 24.3 Å². The van der Waals surface area contributed by atoms with Gasteiger partial charge in [0.05, 0.1) is 17.2 Å². The normalized spacial score (nSPS) is 10.7. The zero-order valence-corrected chi connectivity index (χ0v) is 12.6. The number of thiazole rings is 1. The molecular formula is C14H17ClN2OS. The maximum absolute atomic E-state index is 9.31. The van der Waals surface area contributed by atoms with Gasteiger partial charge < -0.3 is 10.0 Å². The minimum Gasteiger partial charge on any atom is -0.391 e. The third-order valence-corrected chi connectivity index (χ3v) is 4.50. The first-order valence-corrected chi connectivity index (χ1v) is 7.39. The molecule has 1 aromatic heterocycles. The van der Waals surface area contributed by atoms with Crippen LogP contribution >= 0.6 is 22.9 Å². The fourth-order valence-corrected chi connectivity index (χ4v) is 3.05. The lowest BCUT2D eigenvalue weighted by atomic mass is 10.2. The van der Waals surface area contributed by atoms with E-state index in [9.17, 15) is 5.11 Å². The van der Waals surface area contributed by atoms with Crippen LogP contribution in [0.2, 0.25) is 5.02 Å². The predicted molar refractivity (Wildman–Crippen MR) is 81.0 cm³/mol. The van der Waals surface area contributed by atoms with Crippen LogP contribution in [0.5, 0.6) is 0 Å². The SMILES string of the molecule is CCc1nc(N(C)Cc2ccccc2Cl)sc1CO. The fraction of sp³-hybridized carbons (Fsp3) is 0.357. The third kappa shape index (κ3) is 3.26. The van der Waals surface area contributed by atoms with E-state index in [2.05, 4.69) is 9.88 Å². The standard InChI is InChI=1S/C14H17ClN2OS/c1-3-12-13(9-18)19-14(16-12)17(2)8-10-6-4-5-7-11(10)15/h4-7,18H,3,8-9H2,1-2H3. The first kappa shape index (κ1) is 14.3. The molecule has 102 valence electrons. The average Bonchev–Trinajstić information content (AvgIpc) is 2.84. The van der Waals surface area contributed by atoms with Crippen molar-refractivity contribution in [1.29, 1.82) is 0 Å². The Bertz CT molecular complexity index is 535. The Balaban J connectivity index is 2.18. The van der Waals surface area contributed by atoms with Crippen molar-refractivity contribution < 1.29 is 5.11 Å². The molecule has 0 aliphatic rings. The third-order valence-electron chi connectivity index (χ3n) is 2.94. The van der Waals surface area contributed by atoms with E-state index in [1.54, 1.807) is 0 Å². The summed E-state index contributed by atoms with van der Waals surface area (Å²) in [5, 5.41) is 11.0. The summed E-state index contributed by atoms with van der Waals surface area (Å²) in [6.07, 6.45) is 0.840. The summed E-state index contributed by atoms with van der Waals surface area (Å²) in [5.41, 5.74) is 2.05. The summed E-state index contributed by atoms with van der Waals surface area (Å²) in [6, 6.07) is 7.81. The molecule has 2 aromatic rings. The predicted octanol–water partition coefficient (Wildman–Crippen LogP) is 3.49. The van der Waals surface area contributed by atoms with Crippen molar-refractivity contribution in [3.8, 4) is 0 Å². The number of benzene rings is 1. The molecule has 0 spiro atoms. The molecule has 0 bridgehead atoms. The van der Waals surface area contributed by atoms with Gasteiger partial charge in [0, 0.05) is 18.6 Å². The lowest BCUT2D eigenvalue weighted by Crippen LogP contribution is -2.16. The van der Waals surface area contributed by atoms with E-state index in [4.69, 9.17) is 11.6 Å². The molecule has 0 radical (unpaired) electrons. The summed E-state index contributed by atoms with van der Waals surface area (Å²) in [5.74, 6) is 0. The molecule has 2 rings (SSSR count). The van der Waals surface area contributed by atoms with E-state index in [1.807, 2.05) is 38.2 Å². The Morgan fingerprint density at radius 2 is 2.11 bits per heavy atom. The number of aliphatic hydroxyl groups is 1. The number of halogens is 1. The number of aliphatic hydroxyl groups excluding tert-OH is 1. The van der Waals surface area contributed by atoms with Gasteiger partial charge in [0.25, 0.3) is 0 Å². The van der Waals surface area contributed by atoms with E-state index in [1.165, 1.54) is 11.3 Å². The molecule has 19 heavy (non-hydrogen) atoms. The number of anilines is 1. The molecule has 0 atom stereocenters. The molecule has 1 heterocycles. The second kappa shape index (κ2) is 6.37. The van der Waals surface area contributed by atoms with Crippen molar-refractivity contribution >= 4 is 28.1 Å². The van der Waals surface area contributed by atoms with E-state index in [0.717, 1.165) is 32.7 Å². The Morgan fingerprint density at radius 1 is 1.37 bits per heavy atom. The zero-order chi connectivity index (χ0) is 13.8. The largest absolute Gasteiger partial charge is 0.391 e. The highest BCUT2D eigenvalue weighted by atomic mass is 35.5.